The van der Waals surface area contributed by atoms with Crippen molar-refractivity contribution in [2.45, 2.75) is 135 Å². The highest BCUT2D eigenvalue weighted by molar-refractivity contribution is 7.13. The molecular formula is C76H83FN6O13S3. The van der Waals surface area contributed by atoms with E-state index in [1.54, 1.807) is 38.6 Å². The van der Waals surface area contributed by atoms with Gasteiger partial charge in [-0.2, -0.15) is 0 Å². The number of carbonyl (C=O) groups excluding carboxylic acids is 7. The van der Waals surface area contributed by atoms with Crippen LogP contribution >= 0.6 is 34.0 Å². The van der Waals surface area contributed by atoms with Crippen LogP contribution in [0.4, 0.5) is 4.39 Å². The Balaban J connectivity index is 0.000000133. The van der Waals surface area contributed by atoms with Crippen molar-refractivity contribution in [2.75, 3.05) is 78.9 Å². The predicted molar refractivity (Wildman–Crippen MR) is 373 cm³/mol. The van der Waals surface area contributed by atoms with Crippen molar-refractivity contribution in [1.82, 2.24) is 29.4 Å². The van der Waals surface area contributed by atoms with Crippen LogP contribution in [0.2, 0.25) is 0 Å². The first-order chi connectivity index (χ1) is 48.1. The average Bonchev–Trinajstić information content (AvgIpc) is 1.61. The number of allylic oxidation sites excluding steroid dienone is 3. The summed E-state index contributed by atoms with van der Waals surface area (Å²) in [7, 11) is 0. The van der Waals surface area contributed by atoms with Crippen LogP contribution in [0.1, 0.15) is 147 Å². The van der Waals surface area contributed by atoms with Gasteiger partial charge in [-0.3, -0.25) is 53.2 Å². The van der Waals surface area contributed by atoms with Crippen molar-refractivity contribution in [3.05, 3.63) is 195 Å². The van der Waals surface area contributed by atoms with Gasteiger partial charge in [0.05, 0.1) is 104 Å². The highest BCUT2D eigenvalue weighted by atomic mass is 32.1. The van der Waals surface area contributed by atoms with E-state index < -0.39 is 17.9 Å². The van der Waals surface area contributed by atoms with E-state index in [-0.39, 0.29) is 65.7 Å². The van der Waals surface area contributed by atoms with E-state index in [4.69, 9.17) is 28.4 Å². The number of thiophene rings is 3. The molecule has 4 amide bonds. The molecule has 520 valence electrons. The van der Waals surface area contributed by atoms with Crippen molar-refractivity contribution < 1.29 is 66.4 Å². The van der Waals surface area contributed by atoms with Crippen molar-refractivity contribution in [1.29, 1.82) is 0 Å². The number of ether oxygens (including phenoxy) is 6. The van der Waals surface area contributed by atoms with Crippen LogP contribution in [0, 0.1) is 5.82 Å². The molecule has 3 atom stereocenters. The van der Waals surface area contributed by atoms with Gasteiger partial charge < -0.3 is 38.2 Å². The van der Waals surface area contributed by atoms with E-state index in [1.807, 2.05) is 23.6 Å². The Bertz CT molecular complexity index is 4050. The Labute approximate surface area is 588 Å². The second-order valence-corrected chi connectivity index (χ2v) is 29.8. The first kappa shape index (κ1) is 69.8. The molecule has 15 rings (SSSR count). The fourth-order valence-corrected chi connectivity index (χ4v) is 17.1. The summed E-state index contributed by atoms with van der Waals surface area (Å²) in [5.41, 5.74) is 10.5. The van der Waals surface area contributed by atoms with Crippen molar-refractivity contribution in [2.24, 2.45) is 0 Å². The van der Waals surface area contributed by atoms with Crippen LogP contribution in [0.3, 0.4) is 0 Å². The minimum atomic E-state index is -0.746. The summed E-state index contributed by atoms with van der Waals surface area (Å²) in [6, 6.07) is 22.1. The maximum Gasteiger partial charge on any atom is 0.265 e. The molecule has 9 aliphatic rings. The number of amides is 4. The predicted octanol–water partition coefficient (Wildman–Crippen LogP) is 11.3. The van der Waals surface area contributed by atoms with E-state index in [2.05, 4.69) is 70.8 Å². The zero-order chi connectivity index (χ0) is 68.7. The lowest BCUT2D eigenvalue weighted by Crippen LogP contribution is -2.46. The van der Waals surface area contributed by atoms with Crippen molar-refractivity contribution >= 4 is 75.0 Å². The summed E-state index contributed by atoms with van der Waals surface area (Å²) in [6.45, 7) is 26.6. The van der Waals surface area contributed by atoms with Gasteiger partial charge >= 0.3 is 0 Å². The van der Waals surface area contributed by atoms with E-state index in [9.17, 15) is 38.0 Å². The van der Waals surface area contributed by atoms with E-state index >= 15 is 0 Å². The van der Waals surface area contributed by atoms with Crippen LogP contribution in [0.15, 0.2) is 120 Å². The highest BCUT2D eigenvalue weighted by Crippen LogP contribution is 2.40. The summed E-state index contributed by atoms with van der Waals surface area (Å²) >= 11 is 4.33. The Morgan fingerprint density at radius 2 is 1.02 bits per heavy atom. The topological polar surface area (TPSA) is 194 Å². The fourth-order valence-electron chi connectivity index (χ4n) is 14.1. The van der Waals surface area contributed by atoms with Gasteiger partial charge in [0.1, 0.15) is 30.5 Å². The lowest BCUT2D eigenvalue weighted by atomic mass is 9.89. The molecule has 0 unspecified atom stereocenters. The van der Waals surface area contributed by atoms with Gasteiger partial charge in [0, 0.05) is 117 Å². The molecule has 6 fully saturated rings. The summed E-state index contributed by atoms with van der Waals surface area (Å²) in [4.78, 5) is 104. The molecule has 3 aliphatic carbocycles. The number of hydrogen-bond acceptors (Lipinski definition) is 19. The quantitative estimate of drug-likeness (QED) is 0.0548. The van der Waals surface area contributed by atoms with Gasteiger partial charge in [-0.1, -0.05) is 78.9 Å². The van der Waals surface area contributed by atoms with Gasteiger partial charge in [-0.05, 0) is 90.4 Å². The number of rotatable bonds is 19. The summed E-state index contributed by atoms with van der Waals surface area (Å²) in [5.74, 6) is -0.0406. The Morgan fingerprint density at radius 3 is 1.59 bits per heavy atom. The Morgan fingerprint density at radius 1 is 0.495 bits per heavy atom. The van der Waals surface area contributed by atoms with Crippen molar-refractivity contribution in [3.63, 3.8) is 0 Å². The number of fused-ring (bicyclic) bond motifs is 3. The molecule has 0 radical (unpaired) electrons. The van der Waals surface area contributed by atoms with E-state index in [0.717, 1.165) is 156 Å². The number of Topliss-reactive ketones (excluding diaryl/α,β-unsaturated/α-hetero) is 3. The van der Waals surface area contributed by atoms with Gasteiger partial charge in [-0.25, -0.2) is 4.39 Å². The summed E-state index contributed by atoms with van der Waals surface area (Å²) in [6.07, 6.45) is 5.01. The van der Waals surface area contributed by atoms with Crippen LogP contribution < -0.4 is 9.47 Å². The smallest absolute Gasteiger partial charge is 0.265 e. The molecule has 6 aliphatic heterocycles. The first-order valence-electron chi connectivity index (χ1n) is 34.1. The van der Waals surface area contributed by atoms with Crippen LogP contribution in [0.25, 0.3) is 0 Å². The van der Waals surface area contributed by atoms with Crippen molar-refractivity contribution in [3.8, 4) is 11.5 Å². The number of benzene rings is 3. The molecule has 0 bridgehead atoms. The van der Waals surface area contributed by atoms with Gasteiger partial charge in [0.2, 0.25) is 0 Å². The maximum atomic E-state index is 14.6. The number of morpholine rings is 3. The average molecular weight is 1400 g/mol. The normalized spacial score (nSPS) is 21.6. The number of ketones is 3. The van der Waals surface area contributed by atoms with E-state index in [1.165, 1.54) is 39.9 Å². The summed E-state index contributed by atoms with van der Waals surface area (Å²) < 4.78 is 48.5. The molecule has 9 heterocycles. The number of hydrogen-bond donors (Lipinski definition) is 0. The molecule has 3 saturated heterocycles. The summed E-state index contributed by atoms with van der Waals surface area (Å²) in [5, 5.41) is 3.66. The molecule has 99 heavy (non-hydrogen) atoms. The number of halogens is 1. The third-order valence-corrected chi connectivity index (χ3v) is 22.8. The van der Waals surface area contributed by atoms with Crippen LogP contribution in [-0.2, 0) is 92.5 Å². The van der Waals surface area contributed by atoms with Crippen LogP contribution in [-0.4, -0.2) is 167 Å². The second-order valence-electron chi connectivity index (χ2n) is 26.7. The minimum absolute atomic E-state index is 0.0111. The number of imide groups is 1. The Hall–Kier alpha value is -7.68. The SMILES string of the molecule is C=C1CC[C@H](N2C(=O)c3csc(COc4ccc(CN5CCOCC5)c(F)c4)c3C2=O)C(=O)C1.C=C1CC[C@H](N2Cc3c(COCc4ccc(CN5CCOCC5)cc4)csc3C2=O)C(=O)C1.C=C1CC[C@H](N2Cc3sc(COc4ccc(CN5CCOCC5)cc4)cc3C2=O)C(=O)C1. The zero-order valence-electron chi connectivity index (χ0n) is 55.7. The fraction of sp³-hybridized carbons (Fsp3) is 0.434. The monoisotopic (exact) mass is 1400 g/mol. The highest BCUT2D eigenvalue weighted by Gasteiger charge is 2.46. The molecule has 0 spiro atoms. The number of carbonyl (C=O) groups is 7. The molecular weight excluding hydrogens is 1320 g/mol. The van der Waals surface area contributed by atoms with Gasteiger partial charge in [0.25, 0.3) is 23.6 Å². The van der Waals surface area contributed by atoms with E-state index in [0.29, 0.717) is 113 Å². The third kappa shape index (κ3) is 16.6. The Kier molecular flexibility index (Phi) is 22.5. The zero-order valence-corrected chi connectivity index (χ0v) is 58.2. The largest absolute Gasteiger partial charge is 0.488 e. The molecule has 23 heteroatoms. The molecule has 19 nitrogen and oxygen atoms in total. The molecule has 3 aromatic carbocycles. The van der Waals surface area contributed by atoms with Gasteiger partial charge in [-0.15, -0.1) is 34.0 Å². The lowest BCUT2D eigenvalue weighted by Gasteiger charge is -2.30. The standard InChI is InChI=1S/C26H30N2O4S.C25H25FN2O5S.C25H28N2O4S/c1-18-2-7-23(24(29)12-18)28-14-22-21(17-33-25(22)26(28)30)16-32-15-20-5-3-19(4-6-20)13-27-8-10-31-11-9-27;1-15-2-5-20(21(29)10-15)28-24(30)18-14-34-22(23(18)25(28)31)13-33-17-4-3-16(19(26)11-17)12-27-6-8-32-9-7-27;1-17-2-7-22(23(28)12-17)27-15-24-21(25(27)29)13-20(32-24)16-31-19-5-3-18(4-6-19)14-26-8-10-30-11-9-26/h3-6,17,23H,1-2,7-16H2;3-4,11,14,20H,1-2,5-10,12-13H2;3-6,13,22H,1-2,7-12,14-16H2/t23-;20-;22-/m000/s1. The molecule has 3 aromatic heterocycles. The first-order valence-corrected chi connectivity index (χ1v) is 36.7. The lowest BCUT2D eigenvalue weighted by molar-refractivity contribution is -0.124. The third-order valence-electron chi connectivity index (χ3n) is 19.7. The van der Waals surface area contributed by atoms with Gasteiger partial charge in [0.15, 0.2) is 17.3 Å². The minimum Gasteiger partial charge on any atom is -0.488 e. The number of nitrogens with zero attached hydrogens (tertiary/aromatic N) is 6. The molecule has 6 aromatic rings. The second kappa shape index (κ2) is 31.9. The molecule has 3 saturated carbocycles. The maximum absolute atomic E-state index is 14.6. The van der Waals surface area contributed by atoms with Crippen LogP contribution in [0.5, 0.6) is 11.5 Å². The molecule has 0 N–H and O–H groups in total.